The van der Waals surface area contributed by atoms with Crippen molar-refractivity contribution in [2.45, 2.75) is 31.7 Å². The summed E-state index contributed by atoms with van der Waals surface area (Å²) in [5.41, 5.74) is 0.288. The molecular weight excluding hydrogens is 226 g/mol. The van der Waals surface area contributed by atoms with Gasteiger partial charge >= 0.3 is 0 Å². The van der Waals surface area contributed by atoms with E-state index in [2.05, 4.69) is 5.32 Å². The number of amides is 1. The predicted molar refractivity (Wildman–Crippen MR) is 65.0 cm³/mol. The molecule has 1 aromatic carbocycles. The van der Waals surface area contributed by atoms with Crippen LogP contribution in [0.2, 0.25) is 0 Å². The van der Waals surface area contributed by atoms with Gasteiger partial charge in [0.2, 0.25) is 0 Å². The van der Waals surface area contributed by atoms with Gasteiger partial charge in [-0.15, -0.1) is 11.6 Å². The van der Waals surface area contributed by atoms with Crippen LogP contribution in [0.1, 0.15) is 30.6 Å². The molecule has 0 aromatic heterocycles. The number of para-hydroxylation sites is 1. The SMILES string of the molecule is CC(Cl)CC(C)NC(=O)c1ccccc1O. The van der Waals surface area contributed by atoms with E-state index in [0.717, 1.165) is 0 Å². The highest BCUT2D eigenvalue weighted by Crippen LogP contribution is 2.15. The summed E-state index contributed by atoms with van der Waals surface area (Å²) in [6.45, 7) is 3.76. The average molecular weight is 242 g/mol. The third kappa shape index (κ3) is 3.74. The highest BCUT2D eigenvalue weighted by molar-refractivity contribution is 6.20. The van der Waals surface area contributed by atoms with Crippen molar-refractivity contribution >= 4 is 17.5 Å². The maximum atomic E-state index is 11.7. The maximum Gasteiger partial charge on any atom is 0.255 e. The Hall–Kier alpha value is -1.22. The Balaban J connectivity index is 2.63. The average Bonchev–Trinajstić information content (AvgIpc) is 2.16. The second-order valence-electron chi connectivity index (χ2n) is 3.91. The van der Waals surface area contributed by atoms with Crippen LogP contribution in [0.4, 0.5) is 0 Å². The van der Waals surface area contributed by atoms with E-state index in [0.29, 0.717) is 6.42 Å². The zero-order chi connectivity index (χ0) is 12.1. The first-order chi connectivity index (χ1) is 7.50. The number of nitrogens with one attached hydrogen (secondary N) is 1. The highest BCUT2D eigenvalue weighted by Gasteiger charge is 2.13. The Morgan fingerprint density at radius 1 is 1.44 bits per heavy atom. The molecule has 1 rings (SSSR count). The molecule has 3 nitrogen and oxygen atoms in total. The number of benzene rings is 1. The molecule has 0 saturated heterocycles. The van der Waals surface area contributed by atoms with Gasteiger partial charge in [-0.25, -0.2) is 0 Å². The molecule has 0 aliphatic carbocycles. The van der Waals surface area contributed by atoms with E-state index in [-0.39, 0.29) is 28.6 Å². The number of phenols is 1. The number of aromatic hydroxyl groups is 1. The second-order valence-corrected chi connectivity index (χ2v) is 4.65. The van der Waals surface area contributed by atoms with Gasteiger partial charge in [0.25, 0.3) is 5.91 Å². The number of carbonyl (C=O) groups is 1. The van der Waals surface area contributed by atoms with Crippen molar-refractivity contribution in [1.29, 1.82) is 0 Å². The molecule has 0 radical (unpaired) electrons. The fourth-order valence-electron chi connectivity index (χ4n) is 1.51. The molecule has 0 aliphatic heterocycles. The summed E-state index contributed by atoms with van der Waals surface area (Å²) in [5, 5.41) is 12.3. The maximum absolute atomic E-state index is 11.7. The quantitative estimate of drug-likeness (QED) is 0.796. The molecule has 0 heterocycles. The standard InChI is InChI=1S/C12H16ClNO2/c1-8(13)7-9(2)14-12(16)10-5-3-4-6-11(10)15/h3-6,8-9,15H,7H2,1-2H3,(H,14,16). The van der Waals surface area contributed by atoms with E-state index >= 15 is 0 Å². The van der Waals surface area contributed by atoms with Crippen LogP contribution in [0.25, 0.3) is 0 Å². The number of rotatable bonds is 4. The van der Waals surface area contributed by atoms with Gasteiger partial charge in [0, 0.05) is 11.4 Å². The van der Waals surface area contributed by atoms with Gasteiger partial charge in [-0.05, 0) is 32.4 Å². The molecule has 0 bridgehead atoms. The summed E-state index contributed by atoms with van der Waals surface area (Å²) in [7, 11) is 0. The number of hydrogen-bond donors (Lipinski definition) is 2. The van der Waals surface area contributed by atoms with Crippen molar-refractivity contribution in [1.82, 2.24) is 5.32 Å². The monoisotopic (exact) mass is 241 g/mol. The first-order valence-electron chi connectivity index (χ1n) is 5.23. The molecule has 2 N–H and O–H groups in total. The minimum absolute atomic E-state index is 0.00822. The summed E-state index contributed by atoms with van der Waals surface area (Å²) >= 11 is 5.83. The molecule has 0 aliphatic rings. The molecule has 16 heavy (non-hydrogen) atoms. The first kappa shape index (κ1) is 12.8. The summed E-state index contributed by atoms with van der Waals surface area (Å²) in [4.78, 5) is 11.7. The summed E-state index contributed by atoms with van der Waals surface area (Å²) in [5.74, 6) is -0.283. The third-order valence-electron chi connectivity index (χ3n) is 2.20. The number of carbonyl (C=O) groups excluding carboxylic acids is 1. The van der Waals surface area contributed by atoms with Crippen LogP contribution in [0, 0.1) is 0 Å². The third-order valence-corrected chi connectivity index (χ3v) is 2.38. The van der Waals surface area contributed by atoms with Gasteiger partial charge in [-0.2, -0.15) is 0 Å². The molecule has 2 atom stereocenters. The van der Waals surface area contributed by atoms with Crippen LogP contribution >= 0.6 is 11.6 Å². The lowest BCUT2D eigenvalue weighted by molar-refractivity contribution is 0.0936. The highest BCUT2D eigenvalue weighted by atomic mass is 35.5. The molecule has 0 spiro atoms. The molecule has 0 saturated carbocycles. The van der Waals surface area contributed by atoms with Crippen molar-refractivity contribution < 1.29 is 9.90 Å². The molecule has 88 valence electrons. The van der Waals surface area contributed by atoms with E-state index in [1.807, 2.05) is 13.8 Å². The zero-order valence-electron chi connectivity index (χ0n) is 9.40. The van der Waals surface area contributed by atoms with Gasteiger partial charge in [0.1, 0.15) is 5.75 Å². The number of hydrogen-bond acceptors (Lipinski definition) is 2. The second kappa shape index (κ2) is 5.75. The molecule has 1 aromatic rings. The van der Waals surface area contributed by atoms with Crippen molar-refractivity contribution in [3.8, 4) is 5.75 Å². The summed E-state index contributed by atoms with van der Waals surface area (Å²) < 4.78 is 0. The van der Waals surface area contributed by atoms with Gasteiger partial charge in [-0.1, -0.05) is 12.1 Å². The summed E-state index contributed by atoms with van der Waals surface area (Å²) in [6.07, 6.45) is 0.695. The largest absolute Gasteiger partial charge is 0.507 e. The van der Waals surface area contributed by atoms with Crippen molar-refractivity contribution in [2.75, 3.05) is 0 Å². The van der Waals surface area contributed by atoms with E-state index < -0.39 is 0 Å². The number of alkyl halides is 1. The fourth-order valence-corrected chi connectivity index (χ4v) is 1.78. The lowest BCUT2D eigenvalue weighted by Gasteiger charge is -2.15. The van der Waals surface area contributed by atoms with Gasteiger partial charge in [0.15, 0.2) is 0 Å². The minimum Gasteiger partial charge on any atom is -0.507 e. The zero-order valence-corrected chi connectivity index (χ0v) is 10.2. The Morgan fingerprint density at radius 2 is 2.06 bits per heavy atom. The van der Waals surface area contributed by atoms with Crippen molar-refractivity contribution in [3.63, 3.8) is 0 Å². The van der Waals surface area contributed by atoms with Crippen LogP contribution in [0.3, 0.4) is 0 Å². The smallest absolute Gasteiger partial charge is 0.255 e. The van der Waals surface area contributed by atoms with Gasteiger partial charge in [-0.3, -0.25) is 4.79 Å². The van der Waals surface area contributed by atoms with Gasteiger partial charge in [0.05, 0.1) is 5.56 Å². The Labute approximate surface area is 100 Å². The van der Waals surface area contributed by atoms with Crippen LogP contribution in [0.15, 0.2) is 24.3 Å². The fraction of sp³-hybridized carbons (Fsp3) is 0.417. The van der Waals surface area contributed by atoms with E-state index in [1.165, 1.54) is 6.07 Å². The molecular formula is C12H16ClNO2. The van der Waals surface area contributed by atoms with E-state index in [1.54, 1.807) is 18.2 Å². The van der Waals surface area contributed by atoms with Crippen LogP contribution in [-0.4, -0.2) is 22.4 Å². The van der Waals surface area contributed by atoms with E-state index in [4.69, 9.17) is 11.6 Å². The van der Waals surface area contributed by atoms with Crippen LogP contribution in [0.5, 0.6) is 5.75 Å². The number of phenolic OH excluding ortho intramolecular Hbond substituents is 1. The van der Waals surface area contributed by atoms with Crippen LogP contribution in [-0.2, 0) is 0 Å². The lowest BCUT2D eigenvalue weighted by Crippen LogP contribution is -2.33. The van der Waals surface area contributed by atoms with E-state index in [9.17, 15) is 9.90 Å². The molecule has 4 heteroatoms. The van der Waals surface area contributed by atoms with Crippen molar-refractivity contribution in [3.05, 3.63) is 29.8 Å². The topological polar surface area (TPSA) is 49.3 Å². The van der Waals surface area contributed by atoms with Crippen LogP contribution < -0.4 is 5.32 Å². The molecule has 1 amide bonds. The Bertz CT molecular complexity index is 366. The van der Waals surface area contributed by atoms with Gasteiger partial charge < -0.3 is 10.4 Å². The normalized spacial score (nSPS) is 14.2. The Kier molecular flexibility index (Phi) is 4.62. The van der Waals surface area contributed by atoms with Crippen molar-refractivity contribution in [2.24, 2.45) is 0 Å². The first-order valence-corrected chi connectivity index (χ1v) is 5.67. The number of halogens is 1. The minimum atomic E-state index is -0.275. The Morgan fingerprint density at radius 3 is 2.62 bits per heavy atom. The molecule has 2 unspecified atom stereocenters. The molecule has 0 fully saturated rings. The lowest BCUT2D eigenvalue weighted by atomic mass is 10.1. The summed E-state index contributed by atoms with van der Waals surface area (Å²) in [6, 6.07) is 6.45. The predicted octanol–water partition coefficient (Wildman–Crippen LogP) is 2.53.